The summed E-state index contributed by atoms with van der Waals surface area (Å²) in [5.74, 6) is -0.162. The number of benzene rings is 2. The minimum Gasteiger partial charge on any atom is -0.501 e. The molecule has 1 aliphatic heterocycles. The van der Waals surface area contributed by atoms with Crippen molar-refractivity contribution in [2.75, 3.05) is 20.8 Å². The molecule has 0 spiro atoms. The van der Waals surface area contributed by atoms with E-state index in [1.165, 1.54) is 37.0 Å². The van der Waals surface area contributed by atoms with E-state index >= 15 is 0 Å². The number of methoxy groups -OCH3 is 2. The molecule has 1 N–H and O–H groups in total. The van der Waals surface area contributed by atoms with Crippen LogP contribution in [0.5, 0.6) is 17.2 Å². The number of nitro benzene ring substituents is 1. The van der Waals surface area contributed by atoms with E-state index in [1.54, 1.807) is 54.6 Å². The topological polar surface area (TPSA) is 142 Å². The standard InChI is InChI=1S/C25H22IN3O8S/c1-5-37-24(32)20-12(2)27-25-28(21(20)14-6-7-17(35-3)18(11-14)36-4)23(31)19(38-25)10-13-8-15(26)22(30)16(9-13)29(33)34/h6-11,21,30H,5H2,1-4H3/b19-10-/t21-/m1/s1. The van der Waals surface area contributed by atoms with Crippen LogP contribution in [0, 0.1) is 13.7 Å². The number of carbonyl (C=O) groups excluding carboxylic acids is 1. The quantitative estimate of drug-likeness (QED) is 0.178. The van der Waals surface area contributed by atoms with Crippen molar-refractivity contribution in [3.8, 4) is 17.2 Å². The minimum atomic E-state index is -0.874. The molecule has 1 aromatic heterocycles. The van der Waals surface area contributed by atoms with Gasteiger partial charge in [-0.15, -0.1) is 0 Å². The average Bonchev–Trinajstić information content (AvgIpc) is 3.18. The molecule has 0 amide bonds. The highest BCUT2D eigenvalue weighted by atomic mass is 127. The van der Waals surface area contributed by atoms with Crippen LogP contribution in [-0.2, 0) is 9.53 Å². The Morgan fingerprint density at radius 1 is 1.26 bits per heavy atom. The van der Waals surface area contributed by atoms with Crippen molar-refractivity contribution in [1.82, 2.24) is 4.57 Å². The highest BCUT2D eigenvalue weighted by Gasteiger charge is 2.34. The van der Waals surface area contributed by atoms with Gasteiger partial charge in [-0.2, -0.15) is 0 Å². The van der Waals surface area contributed by atoms with Crippen molar-refractivity contribution in [2.24, 2.45) is 4.99 Å². The summed E-state index contributed by atoms with van der Waals surface area (Å²) >= 11 is 2.87. The van der Waals surface area contributed by atoms with E-state index in [0.717, 1.165) is 11.3 Å². The van der Waals surface area contributed by atoms with Gasteiger partial charge in [0.05, 0.1) is 51.2 Å². The highest BCUT2D eigenvalue weighted by Crippen LogP contribution is 2.36. The van der Waals surface area contributed by atoms with E-state index in [4.69, 9.17) is 14.2 Å². The molecule has 0 fully saturated rings. The van der Waals surface area contributed by atoms with Crippen molar-refractivity contribution in [2.45, 2.75) is 19.9 Å². The second-order valence-electron chi connectivity index (χ2n) is 8.04. The lowest BCUT2D eigenvalue weighted by Gasteiger charge is -2.25. The lowest BCUT2D eigenvalue weighted by atomic mass is 9.95. The van der Waals surface area contributed by atoms with Gasteiger partial charge in [-0.1, -0.05) is 17.4 Å². The summed E-state index contributed by atoms with van der Waals surface area (Å²) in [7, 11) is 2.99. The number of hydrogen-bond acceptors (Lipinski definition) is 10. The van der Waals surface area contributed by atoms with Gasteiger partial charge in [0.15, 0.2) is 16.3 Å². The fourth-order valence-electron chi connectivity index (χ4n) is 4.11. The minimum absolute atomic E-state index is 0.136. The molecule has 0 bridgehead atoms. The number of hydrogen-bond donors (Lipinski definition) is 1. The predicted molar refractivity (Wildman–Crippen MR) is 147 cm³/mol. The first kappa shape index (κ1) is 27.3. The number of halogens is 1. The molecule has 0 saturated carbocycles. The maximum Gasteiger partial charge on any atom is 0.338 e. The molecular formula is C25H22IN3O8S. The van der Waals surface area contributed by atoms with E-state index in [9.17, 15) is 24.8 Å². The third kappa shape index (κ3) is 4.90. The number of esters is 1. The normalized spacial score (nSPS) is 15.1. The van der Waals surface area contributed by atoms with Gasteiger partial charge >= 0.3 is 11.7 Å². The van der Waals surface area contributed by atoms with Crippen LogP contribution in [0.1, 0.15) is 31.0 Å². The van der Waals surface area contributed by atoms with Gasteiger partial charge in [-0.05, 0) is 71.8 Å². The van der Waals surface area contributed by atoms with Gasteiger partial charge in [0.2, 0.25) is 5.75 Å². The van der Waals surface area contributed by atoms with Crippen molar-refractivity contribution < 1.29 is 29.0 Å². The Bertz CT molecular complexity index is 1670. The largest absolute Gasteiger partial charge is 0.501 e. The molecule has 38 heavy (non-hydrogen) atoms. The second-order valence-corrected chi connectivity index (χ2v) is 10.2. The van der Waals surface area contributed by atoms with E-state index < -0.39 is 33.9 Å². The van der Waals surface area contributed by atoms with Crippen LogP contribution in [0.4, 0.5) is 5.69 Å². The van der Waals surface area contributed by atoms with Crippen molar-refractivity contribution >= 4 is 51.7 Å². The van der Waals surface area contributed by atoms with Crippen molar-refractivity contribution in [3.63, 3.8) is 0 Å². The zero-order valence-corrected chi connectivity index (χ0v) is 23.7. The molecule has 198 valence electrons. The maximum absolute atomic E-state index is 13.7. The maximum atomic E-state index is 13.7. The summed E-state index contributed by atoms with van der Waals surface area (Å²) in [5.41, 5.74) is 0.600. The third-order valence-corrected chi connectivity index (χ3v) is 7.61. The van der Waals surface area contributed by atoms with Crippen LogP contribution >= 0.6 is 33.9 Å². The summed E-state index contributed by atoms with van der Waals surface area (Å²) in [6, 6.07) is 6.94. The Morgan fingerprint density at radius 2 is 1.97 bits per heavy atom. The summed E-state index contributed by atoms with van der Waals surface area (Å²) < 4.78 is 18.0. The number of phenolic OH excluding ortho intramolecular Hbond substituents is 1. The van der Waals surface area contributed by atoms with E-state index in [-0.39, 0.29) is 20.3 Å². The number of carbonyl (C=O) groups is 1. The summed E-state index contributed by atoms with van der Waals surface area (Å²) in [6.45, 7) is 3.49. The Hall–Kier alpha value is -3.72. The third-order valence-electron chi connectivity index (χ3n) is 5.80. The Labute approximate surface area is 233 Å². The van der Waals surface area contributed by atoms with Crippen LogP contribution in [0.3, 0.4) is 0 Å². The Morgan fingerprint density at radius 3 is 2.61 bits per heavy atom. The summed E-state index contributed by atoms with van der Waals surface area (Å²) in [4.78, 5) is 42.3. The number of ether oxygens (including phenoxy) is 3. The predicted octanol–water partition coefficient (Wildman–Crippen LogP) is 3.03. The first-order chi connectivity index (χ1) is 18.1. The molecule has 0 radical (unpaired) electrons. The van der Waals surface area contributed by atoms with Crippen LogP contribution in [0.2, 0.25) is 0 Å². The van der Waals surface area contributed by atoms with Gasteiger partial charge in [-0.3, -0.25) is 19.5 Å². The molecule has 3 aromatic rings. The first-order valence-corrected chi connectivity index (χ1v) is 13.1. The Kier molecular flexibility index (Phi) is 7.87. The zero-order valence-electron chi connectivity index (χ0n) is 20.7. The van der Waals surface area contributed by atoms with Crippen LogP contribution in [0.15, 0.2) is 51.4 Å². The number of aromatic hydroxyl groups is 1. The molecule has 4 rings (SSSR count). The number of nitrogens with zero attached hydrogens (tertiary/aromatic N) is 3. The monoisotopic (exact) mass is 651 g/mol. The molecule has 2 heterocycles. The smallest absolute Gasteiger partial charge is 0.338 e. The zero-order chi connectivity index (χ0) is 27.7. The van der Waals surface area contributed by atoms with Gasteiger partial charge < -0.3 is 19.3 Å². The average molecular weight is 651 g/mol. The molecule has 1 aliphatic rings. The molecule has 0 unspecified atom stereocenters. The molecular weight excluding hydrogens is 629 g/mol. The summed E-state index contributed by atoms with van der Waals surface area (Å²) in [6.07, 6.45) is 1.49. The number of aromatic nitrogens is 1. The molecule has 13 heteroatoms. The van der Waals surface area contributed by atoms with Gasteiger partial charge in [0, 0.05) is 6.07 Å². The lowest BCUT2D eigenvalue weighted by Crippen LogP contribution is -2.40. The van der Waals surface area contributed by atoms with Crippen molar-refractivity contribution in [3.05, 3.63) is 86.1 Å². The van der Waals surface area contributed by atoms with Crippen LogP contribution in [0.25, 0.3) is 6.08 Å². The molecule has 11 nitrogen and oxygen atoms in total. The fourth-order valence-corrected chi connectivity index (χ4v) is 5.79. The Balaban J connectivity index is 1.98. The molecule has 0 aliphatic carbocycles. The van der Waals surface area contributed by atoms with Gasteiger partial charge in [0.1, 0.15) is 0 Å². The second kappa shape index (κ2) is 10.9. The number of fused-ring (bicyclic) bond motifs is 1. The highest BCUT2D eigenvalue weighted by molar-refractivity contribution is 14.1. The lowest BCUT2D eigenvalue weighted by molar-refractivity contribution is -0.386. The van der Waals surface area contributed by atoms with Crippen LogP contribution in [-0.4, -0.2) is 41.4 Å². The van der Waals surface area contributed by atoms with Gasteiger partial charge in [-0.25, -0.2) is 9.79 Å². The number of phenols is 1. The molecule has 0 saturated heterocycles. The number of thiazole rings is 1. The summed E-state index contributed by atoms with van der Waals surface area (Å²) in [5, 5.41) is 21.4. The number of rotatable bonds is 7. The number of nitro groups is 1. The molecule has 2 aromatic carbocycles. The molecule has 1 atom stereocenters. The fraction of sp³-hybridized carbons (Fsp3) is 0.240. The SMILES string of the molecule is CCOC(=O)C1=C(C)N=c2s/c(=C\c3cc(I)c(O)c([N+](=O)[O-])c3)c(=O)n2[C@@H]1c1ccc(OC)c(OC)c1. The van der Waals surface area contributed by atoms with E-state index in [2.05, 4.69) is 4.99 Å². The van der Waals surface area contributed by atoms with Gasteiger partial charge in [0.25, 0.3) is 5.56 Å². The first-order valence-electron chi connectivity index (χ1n) is 11.2. The van der Waals surface area contributed by atoms with E-state index in [0.29, 0.717) is 33.1 Å². The number of allylic oxidation sites excluding steroid dienone is 1. The van der Waals surface area contributed by atoms with E-state index in [1.807, 2.05) is 0 Å². The van der Waals surface area contributed by atoms with Crippen LogP contribution < -0.4 is 24.4 Å². The van der Waals surface area contributed by atoms with Crippen molar-refractivity contribution in [1.29, 1.82) is 0 Å².